The Bertz CT molecular complexity index is 827. The fourth-order valence-electron chi connectivity index (χ4n) is 2.15. The summed E-state index contributed by atoms with van der Waals surface area (Å²) >= 11 is 1.44. The van der Waals surface area contributed by atoms with Gasteiger partial charge in [-0.3, -0.25) is 15.6 Å². The molecule has 0 atom stereocenters. The number of nitrogens with zero attached hydrogens (tertiary/aromatic N) is 3. The molecule has 3 rings (SSSR count). The van der Waals surface area contributed by atoms with Crippen LogP contribution in [0.5, 0.6) is 0 Å². The van der Waals surface area contributed by atoms with Crippen LogP contribution in [-0.2, 0) is 0 Å². The summed E-state index contributed by atoms with van der Waals surface area (Å²) in [4.78, 5) is 16.7. The molecule has 0 aliphatic carbocycles. The minimum Gasteiger partial charge on any atom is -0.298 e. The first-order valence-corrected chi connectivity index (χ1v) is 8.24. The molecule has 6 nitrogen and oxygen atoms in total. The van der Waals surface area contributed by atoms with Gasteiger partial charge in [0.25, 0.3) is 5.91 Å². The monoisotopic (exact) mass is 345 g/mol. The Labute approximate surface area is 142 Å². The molecule has 24 heavy (non-hydrogen) atoms. The number of amides is 1. The molecule has 0 radical (unpaired) electrons. The maximum atomic E-state index is 12.9. The second-order valence-corrected chi connectivity index (χ2v) is 6.30. The van der Waals surface area contributed by atoms with Gasteiger partial charge >= 0.3 is 0 Å². The van der Waals surface area contributed by atoms with Crippen molar-refractivity contribution < 1.29 is 9.18 Å². The van der Waals surface area contributed by atoms with Crippen LogP contribution in [0.1, 0.15) is 35.8 Å². The number of anilines is 1. The van der Waals surface area contributed by atoms with E-state index in [1.165, 1.54) is 35.6 Å². The zero-order valence-electron chi connectivity index (χ0n) is 13.2. The summed E-state index contributed by atoms with van der Waals surface area (Å²) in [6.45, 7) is 3.94. The molecule has 0 unspecified atom stereocenters. The molecule has 2 heterocycles. The Kier molecular flexibility index (Phi) is 4.57. The van der Waals surface area contributed by atoms with Crippen LogP contribution in [0.25, 0.3) is 5.13 Å². The Morgan fingerprint density at radius 3 is 2.67 bits per heavy atom. The van der Waals surface area contributed by atoms with E-state index in [1.54, 1.807) is 17.1 Å². The molecule has 1 amide bonds. The number of rotatable bonds is 5. The summed E-state index contributed by atoms with van der Waals surface area (Å²) in [6, 6.07) is 5.71. The molecule has 0 bridgehead atoms. The van der Waals surface area contributed by atoms with Crippen molar-refractivity contribution in [1.29, 1.82) is 0 Å². The number of hydrogen-bond donors (Lipinski definition) is 2. The zero-order chi connectivity index (χ0) is 17.1. The molecule has 0 saturated carbocycles. The normalized spacial score (nSPS) is 10.8. The van der Waals surface area contributed by atoms with E-state index in [-0.39, 0.29) is 17.6 Å². The van der Waals surface area contributed by atoms with Crippen LogP contribution >= 0.6 is 11.3 Å². The van der Waals surface area contributed by atoms with Gasteiger partial charge in [-0.25, -0.2) is 14.1 Å². The average Bonchev–Trinajstić information content (AvgIpc) is 3.23. The lowest BCUT2D eigenvalue weighted by Gasteiger charge is -2.09. The SMILES string of the molecule is CC(C)c1nn(-c2nccs2)cc1C(=O)NNc1ccc(F)cc1. The highest BCUT2D eigenvalue weighted by atomic mass is 32.1. The standard InChI is InChI=1S/C16H16FN5OS/c1-10(2)14-13(9-22(21-14)16-18-7-8-24-16)15(23)20-19-12-5-3-11(17)4-6-12/h3-10,19H,1-2H3,(H,20,23). The van der Waals surface area contributed by atoms with Gasteiger partial charge in [-0.15, -0.1) is 11.3 Å². The summed E-state index contributed by atoms with van der Waals surface area (Å²) in [6.07, 6.45) is 3.35. The fourth-order valence-corrected chi connectivity index (χ4v) is 2.71. The summed E-state index contributed by atoms with van der Waals surface area (Å²) in [5, 5.41) is 7.01. The molecule has 0 spiro atoms. The largest absolute Gasteiger partial charge is 0.298 e. The molecule has 0 aliphatic heterocycles. The molecule has 3 aromatic rings. The number of aromatic nitrogens is 3. The maximum absolute atomic E-state index is 12.9. The van der Waals surface area contributed by atoms with Crippen molar-refractivity contribution in [3.8, 4) is 5.13 Å². The summed E-state index contributed by atoms with van der Waals surface area (Å²) < 4.78 is 14.5. The molecule has 0 fully saturated rings. The van der Waals surface area contributed by atoms with Crippen LogP contribution < -0.4 is 10.9 Å². The van der Waals surface area contributed by atoms with Crippen molar-refractivity contribution in [3.05, 3.63) is 59.1 Å². The van der Waals surface area contributed by atoms with Gasteiger partial charge in [0, 0.05) is 17.8 Å². The van der Waals surface area contributed by atoms with Crippen LogP contribution in [0.15, 0.2) is 42.0 Å². The van der Waals surface area contributed by atoms with Crippen molar-refractivity contribution >= 4 is 22.9 Å². The van der Waals surface area contributed by atoms with Crippen molar-refractivity contribution in [2.45, 2.75) is 19.8 Å². The lowest BCUT2D eigenvalue weighted by Crippen LogP contribution is -2.29. The number of halogens is 1. The molecule has 0 aliphatic rings. The highest BCUT2D eigenvalue weighted by molar-refractivity contribution is 7.12. The van der Waals surface area contributed by atoms with Gasteiger partial charge in [-0.05, 0) is 30.2 Å². The third kappa shape index (κ3) is 3.43. The smallest absolute Gasteiger partial charge is 0.273 e. The first kappa shape index (κ1) is 16.1. The number of carbonyl (C=O) groups excluding carboxylic acids is 1. The number of benzene rings is 1. The first-order chi connectivity index (χ1) is 11.5. The van der Waals surface area contributed by atoms with Crippen LogP contribution in [-0.4, -0.2) is 20.7 Å². The van der Waals surface area contributed by atoms with Crippen LogP contribution in [0.3, 0.4) is 0 Å². The Morgan fingerprint density at radius 2 is 2.04 bits per heavy atom. The highest BCUT2D eigenvalue weighted by Gasteiger charge is 2.20. The van der Waals surface area contributed by atoms with Crippen molar-refractivity contribution in [1.82, 2.24) is 20.2 Å². The average molecular weight is 345 g/mol. The van der Waals surface area contributed by atoms with E-state index in [0.29, 0.717) is 22.1 Å². The van der Waals surface area contributed by atoms with Gasteiger partial charge in [0.2, 0.25) is 5.13 Å². The summed E-state index contributed by atoms with van der Waals surface area (Å²) in [7, 11) is 0. The third-order valence-corrected chi connectivity index (χ3v) is 4.08. The number of carbonyl (C=O) groups is 1. The molecule has 2 aromatic heterocycles. The second-order valence-electron chi connectivity index (χ2n) is 5.43. The lowest BCUT2D eigenvalue weighted by molar-refractivity contribution is 0.0961. The molecule has 124 valence electrons. The Balaban J connectivity index is 1.79. The number of hydrazine groups is 1. The predicted octanol–water partition coefficient (Wildman–Crippen LogP) is 3.35. The second kappa shape index (κ2) is 6.79. The van der Waals surface area contributed by atoms with Crippen molar-refractivity contribution in [2.75, 3.05) is 5.43 Å². The summed E-state index contributed by atoms with van der Waals surface area (Å²) in [5.41, 5.74) is 7.11. The van der Waals surface area contributed by atoms with Crippen LogP contribution in [0, 0.1) is 5.82 Å². The molecular formula is C16H16FN5OS. The van der Waals surface area contributed by atoms with E-state index in [4.69, 9.17) is 0 Å². The fraction of sp³-hybridized carbons (Fsp3) is 0.188. The van der Waals surface area contributed by atoms with E-state index in [9.17, 15) is 9.18 Å². The van der Waals surface area contributed by atoms with Gasteiger partial charge in [-0.1, -0.05) is 13.8 Å². The molecule has 0 saturated heterocycles. The molecule has 8 heteroatoms. The van der Waals surface area contributed by atoms with E-state index >= 15 is 0 Å². The molecular weight excluding hydrogens is 329 g/mol. The predicted molar refractivity (Wildman–Crippen MR) is 90.8 cm³/mol. The van der Waals surface area contributed by atoms with Gasteiger partial charge < -0.3 is 0 Å². The van der Waals surface area contributed by atoms with E-state index < -0.39 is 0 Å². The highest BCUT2D eigenvalue weighted by Crippen LogP contribution is 2.21. The van der Waals surface area contributed by atoms with Gasteiger partial charge in [0.05, 0.1) is 16.9 Å². The zero-order valence-corrected chi connectivity index (χ0v) is 14.0. The minimum atomic E-state index is -0.335. The van der Waals surface area contributed by atoms with Crippen LogP contribution in [0.2, 0.25) is 0 Å². The van der Waals surface area contributed by atoms with Crippen molar-refractivity contribution in [3.63, 3.8) is 0 Å². The molecule has 2 N–H and O–H groups in total. The minimum absolute atomic E-state index is 0.0813. The van der Waals surface area contributed by atoms with Crippen LogP contribution in [0.4, 0.5) is 10.1 Å². The number of hydrogen-bond acceptors (Lipinski definition) is 5. The Morgan fingerprint density at radius 1 is 1.29 bits per heavy atom. The quantitative estimate of drug-likeness (QED) is 0.696. The van der Waals surface area contributed by atoms with E-state index in [1.807, 2.05) is 19.2 Å². The van der Waals surface area contributed by atoms with Gasteiger partial charge in [-0.2, -0.15) is 5.10 Å². The number of nitrogens with one attached hydrogen (secondary N) is 2. The maximum Gasteiger partial charge on any atom is 0.273 e. The van der Waals surface area contributed by atoms with Gasteiger partial charge in [0.15, 0.2) is 0 Å². The number of thiazole rings is 1. The lowest BCUT2D eigenvalue weighted by atomic mass is 10.1. The van der Waals surface area contributed by atoms with E-state index in [2.05, 4.69) is 20.9 Å². The first-order valence-electron chi connectivity index (χ1n) is 7.36. The Hall–Kier alpha value is -2.74. The molecule has 1 aromatic carbocycles. The van der Waals surface area contributed by atoms with E-state index in [0.717, 1.165) is 0 Å². The topological polar surface area (TPSA) is 71.8 Å². The summed E-state index contributed by atoms with van der Waals surface area (Å²) in [5.74, 6) is -0.567. The van der Waals surface area contributed by atoms with Gasteiger partial charge in [0.1, 0.15) is 5.82 Å². The van der Waals surface area contributed by atoms with Crippen molar-refractivity contribution in [2.24, 2.45) is 0 Å². The third-order valence-electron chi connectivity index (χ3n) is 3.31.